The first-order valence-corrected chi connectivity index (χ1v) is 9.04. The first kappa shape index (κ1) is 15.9. The molecule has 0 saturated carbocycles. The van der Waals surface area contributed by atoms with Crippen LogP contribution >= 0.6 is 0 Å². The van der Waals surface area contributed by atoms with Crippen LogP contribution in [0.25, 0.3) is 10.9 Å². The highest BCUT2D eigenvalue weighted by molar-refractivity contribution is 5.87. The van der Waals surface area contributed by atoms with E-state index in [1.165, 1.54) is 33.3 Å². The summed E-state index contributed by atoms with van der Waals surface area (Å²) in [7, 11) is 0. The third-order valence-corrected chi connectivity index (χ3v) is 5.41. The number of hydrogen-bond donors (Lipinski definition) is 2. The van der Waals surface area contributed by atoms with Gasteiger partial charge in [-0.05, 0) is 55.4 Å². The molecule has 0 radical (unpaired) electrons. The summed E-state index contributed by atoms with van der Waals surface area (Å²) >= 11 is 0. The van der Waals surface area contributed by atoms with E-state index in [0.29, 0.717) is 6.42 Å². The van der Waals surface area contributed by atoms with E-state index in [1.54, 1.807) is 0 Å². The van der Waals surface area contributed by atoms with Crippen LogP contribution in [0.2, 0.25) is 0 Å². The molecule has 4 rings (SSSR count). The van der Waals surface area contributed by atoms with Gasteiger partial charge in [-0.15, -0.1) is 0 Å². The molecule has 2 N–H and O–H groups in total. The fraction of sp³-hybridized carbons (Fsp3) is 0.318. The van der Waals surface area contributed by atoms with Gasteiger partial charge in [-0.1, -0.05) is 42.5 Å². The highest BCUT2D eigenvalue weighted by atomic mass is 16.1. The summed E-state index contributed by atoms with van der Waals surface area (Å²) in [5, 5.41) is 4.56. The minimum absolute atomic E-state index is 0.124. The third-order valence-electron chi connectivity index (χ3n) is 5.41. The number of fused-ring (bicyclic) bond motifs is 3. The molecule has 0 spiro atoms. The summed E-state index contributed by atoms with van der Waals surface area (Å²) in [4.78, 5) is 16.1. The summed E-state index contributed by atoms with van der Waals surface area (Å²) < 4.78 is 0. The fourth-order valence-corrected chi connectivity index (χ4v) is 3.97. The molecule has 0 saturated heterocycles. The van der Waals surface area contributed by atoms with Crippen molar-refractivity contribution in [2.24, 2.45) is 0 Å². The van der Waals surface area contributed by atoms with Crippen LogP contribution in [0.15, 0.2) is 42.5 Å². The number of H-pyrrole nitrogens is 1. The van der Waals surface area contributed by atoms with Crippen LogP contribution < -0.4 is 5.32 Å². The van der Waals surface area contributed by atoms with Gasteiger partial charge < -0.3 is 10.3 Å². The van der Waals surface area contributed by atoms with Gasteiger partial charge in [-0.25, -0.2) is 0 Å². The van der Waals surface area contributed by atoms with E-state index in [9.17, 15) is 4.79 Å². The average Bonchev–Trinajstić information content (AvgIpc) is 2.97. The Hall–Kier alpha value is -2.55. The summed E-state index contributed by atoms with van der Waals surface area (Å²) in [6.45, 7) is 4.20. The van der Waals surface area contributed by atoms with Crippen LogP contribution in [0.4, 0.5) is 0 Å². The molecule has 128 valence electrons. The minimum Gasteiger partial charge on any atom is -0.358 e. The van der Waals surface area contributed by atoms with Crippen molar-refractivity contribution in [3.8, 4) is 0 Å². The molecule has 1 aliphatic carbocycles. The number of amides is 1. The number of rotatable bonds is 3. The smallest absolute Gasteiger partial charge is 0.224 e. The maximum atomic E-state index is 12.5. The molecule has 3 heteroatoms. The van der Waals surface area contributed by atoms with Crippen molar-refractivity contribution in [1.82, 2.24) is 10.3 Å². The number of aromatic amines is 1. The Kier molecular flexibility index (Phi) is 4.08. The molecule has 3 nitrogen and oxygen atoms in total. The van der Waals surface area contributed by atoms with Crippen molar-refractivity contribution in [2.45, 2.75) is 45.6 Å². The molecule has 0 aliphatic heterocycles. The Labute approximate surface area is 148 Å². The number of aromatic nitrogens is 1. The maximum absolute atomic E-state index is 12.5. The van der Waals surface area contributed by atoms with Gasteiger partial charge in [-0.2, -0.15) is 0 Å². The Balaban J connectivity index is 1.49. The predicted molar refractivity (Wildman–Crippen MR) is 102 cm³/mol. The topological polar surface area (TPSA) is 44.9 Å². The predicted octanol–water partition coefficient (Wildman–Crippen LogP) is 4.00. The van der Waals surface area contributed by atoms with Gasteiger partial charge in [0.1, 0.15) is 0 Å². The second kappa shape index (κ2) is 6.40. The highest BCUT2D eigenvalue weighted by Gasteiger charge is 2.24. The SMILES string of the molecule is Cc1ccccc1CC(=O)N[C@@H]1CCc2[nH]c3c(C)cccc3c2C1. The molecule has 3 aromatic rings. The van der Waals surface area contributed by atoms with E-state index in [-0.39, 0.29) is 11.9 Å². The molecule has 0 unspecified atom stereocenters. The van der Waals surface area contributed by atoms with Gasteiger partial charge in [0.05, 0.1) is 6.42 Å². The van der Waals surface area contributed by atoms with Gasteiger partial charge in [0, 0.05) is 22.6 Å². The lowest BCUT2D eigenvalue weighted by atomic mass is 9.91. The molecule has 1 aromatic heterocycles. The standard InChI is InChI=1S/C22H24N2O/c1-14-6-3-4-8-16(14)12-21(25)23-17-10-11-20-19(13-17)18-9-5-7-15(2)22(18)24-20/h3-9,17,24H,10-13H2,1-2H3,(H,23,25)/t17-/m1/s1. The van der Waals surface area contributed by atoms with Crippen molar-refractivity contribution in [3.63, 3.8) is 0 Å². The Morgan fingerprint density at radius 3 is 2.76 bits per heavy atom. The molecule has 1 aliphatic rings. The van der Waals surface area contributed by atoms with Crippen LogP contribution in [-0.2, 0) is 24.1 Å². The Bertz CT molecular complexity index is 938. The van der Waals surface area contributed by atoms with Crippen LogP contribution in [0.3, 0.4) is 0 Å². The van der Waals surface area contributed by atoms with Crippen LogP contribution in [0.5, 0.6) is 0 Å². The Morgan fingerprint density at radius 2 is 1.92 bits per heavy atom. The van der Waals surface area contributed by atoms with E-state index < -0.39 is 0 Å². The molecule has 1 amide bonds. The van der Waals surface area contributed by atoms with Crippen molar-refractivity contribution >= 4 is 16.8 Å². The second-order valence-corrected chi connectivity index (χ2v) is 7.19. The normalized spacial score (nSPS) is 16.6. The first-order valence-electron chi connectivity index (χ1n) is 9.04. The van der Waals surface area contributed by atoms with Gasteiger partial charge in [0.25, 0.3) is 0 Å². The summed E-state index contributed by atoms with van der Waals surface area (Å²) in [5.41, 5.74) is 7.54. The zero-order valence-electron chi connectivity index (χ0n) is 14.9. The third kappa shape index (κ3) is 3.07. The average molecular weight is 332 g/mol. The fourth-order valence-electron chi connectivity index (χ4n) is 3.97. The van der Waals surface area contributed by atoms with Gasteiger partial charge >= 0.3 is 0 Å². The number of benzene rings is 2. The lowest BCUT2D eigenvalue weighted by Gasteiger charge is -2.24. The van der Waals surface area contributed by atoms with E-state index in [2.05, 4.69) is 48.4 Å². The minimum atomic E-state index is 0.124. The van der Waals surface area contributed by atoms with E-state index in [4.69, 9.17) is 0 Å². The number of para-hydroxylation sites is 1. The second-order valence-electron chi connectivity index (χ2n) is 7.19. The molecule has 2 aromatic carbocycles. The lowest BCUT2D eigenvalue weighted by molar-refractivity contribution is -0.121. The zero-order chi connectivity index (χ0) is 17.4. The molecule has 0 fully saturated rings. The van der Waals surface area contributed by atoms with Crippen molar-refractivity contribution in [1.29, 1.82) is 0 Å². The maximum Gasteiger partial charge on any atom is 0.224 e. The van der Waals surface area contributed by atoms with Crippen molar-refractivity contribution in [2.75, 3.05) is 0 Å². The summed E-state index contributed by atoms with van der Waals surface area (Å²) in [6, 6.07) is 14.8. The number of carbonyl (C=O) groups excluding carboxylic acids is 1. The largest absolute Gasteiger partial charge is 0.358 e. The molecular formula is C22H24N2O. The summed E-state index contributed by atoms with van der Waals surface area (Å²) in [6.07, 6.45) is 3.37. The van der Waals surface area contributed by atoms with Gasteiger partial charge in [0.15, 0.2) is 0 Å². The summed E-state index contributed by atoms with van der Waals surface area (Å²) in [5.74, 6) is 0.124. The van der Waals surface area contributed by atoms with Crippen LogP contribution in [0.1, 0.15) is 34.4 Å². The lowest BCUT2D eigenvalue weighted by Crippen LogP contribution is -2.39. The molecule has 1 heterocycles. The molecule has 0 bridgehead atoms. The number of nitrogens with one attached hydrogen (secondary N) is 2. The monoisotopic (exact) mass is 332 g/mol. The molecular weight excluding hydrogens is 308 g/mol. The van der Waals surface area contributed by atoms with Crippen molar-refractivity contribution < 1.29 is 4.79 Å². The first-order chi connectivity index (χ1) is 12.1. The highest BCUT2D eigenvalue weighted by Crippen LogP contribution is 2.30. The Morgan fingerprint density at radius 1 is 1.12 bits per heavy atom. The van der Waals surface area contributed by atoms with E-state index >= 15 is 0 Å². The van der Waals surface area contributed by atoms with E-state index in [0.717, 1.165) is 24.8 Å². The van der Waals surface area contributed by atoms with Crippen molar-refractivity contribution in [3.05, 3.63) is 70.4 Å². The number of carbonyl (C=O) groups is 1. The number of hydrogen-bond acceptors (Lipinski definition) is 1. The van der Waals surface area contributed by atoms with E-state index in [1.807, 2.05) is 18.2 Å². The number of aryl methyl sites for hydroxylation is 3. The van der Waals surface area contributed by atoms with Gasteiger partial charge in [-0.3, -0.25) is 4.79 Å². The molecule has 25 heavy (non-hydrogen) atoms. The quantitative estimate of drug-likeness (QED) is 0.748. The molecule has 1 atom stereocenters. The van der Waals surface area contributed by atoms with Crippen LogP contribution in [0, 0.1) is 13.8 Å². The van der Waals surface area contributed by atoms with Gasteiger partial charge in [0.2, 0.25) is 5.91 Å². The van der Waals surface area contributed by atoms with Crippen LogP contribution in [-0.4, -0.2) is 16.9 Å². The zero-order valence-corrected chi connectivity index (χ0v) is 14.9.